The first-order valence-electron chi connectivity index (χ1n) is 11.0. The van der Waals surface area contributed by atoms with Crippen molar-refractivity contribution in [2.75, 3.05) is 7.11 Å². The number of benzene rings is 3. The Morgan fingerprint density at radius 1 is 1.06 bits per heavy atom. The van der Waals surface area contributed by atoms with Crippen LogP contribution in [0.25, 0.3) is 17.0 Å². The number of hydrogen-bond acceptors (Lipinski definition) is 5. The van der Waals surface area contributed by atoms with Crippen LogP contribution in [-0.4, -0.2) is 23.4 Å². The van der Waals surface area contributed by atoms with Crippen molar-refractivity contribution in [1.82, 2.24) is 4.57 Å². The van der Waals surface area contributed by atoms with Gasteiger partial charge in [-0.2, -0.15) is 0 Å². The van der Waals surface area contributed by atoms with Gasteiger partial charge >= 0.3 is 5.97 Å². The number of hydrogen-bond donors (Lipinski definition) is 0. The molecule has 1 aliphatic rings. The van der Waals surface area contributed by atoms with Gasteiger partial charge in [0.2, 0.25) is 5.78 Å². The fourth-order valence-electron chi connectivity index (χ4n) is 4.22. The Labute approximate surface area is 197 Å². The van der Waals surface area contributed by atoms with E-state index in [-0.39, 0.29) is 11.5 Å². The molecule has 0 N–H and O–H groups in total. The Morgan fingerprint density at radius 2 is 1.82 bits per heavy atom. The molecule has 6 nitrogen and oxygen atoms in total. The first kappa shape index (κ1) is 21.5. The summed E-state index contributed by atoms with van der Waals surface area (Å²) in [5.74, 6) is 0.902. The van der Waals surface area contributed by atoms with Crippen LogP contribution in [0.1, 0.15) is 38.8 Å². The summed E-state index contributed by atoms with van der Waals surface area (Å²) in [6, 6.07) is 18.0. The van der Waals surface area contributed by atoms with Crippen molar-refractivity contribution < 1.29 is 23.8 Å². The fraction of sp³-hybridized carbons (Fsp3) is 0.143. The number of allylic oxidation sites excluding steroid dienone is 1. The average molecular weight is 453 g/mol. The lowest BCUT2D eigenvalue weighted by Crippen LogP contribution is -2.08. The number of aromatic nitrogens is 1. The normalized spacial score (nSPS) is 13.7. The van der Waals surface area contributed by atoms with Crippen molar-refractivity contribution >= 4 is 28.7 Å². The van der Waals surface area contributed by atoms with Crippen LogP contribution in [0.15, 0.2) is 72.6 Å². The summed E-state index contributed by atoms with van der Waals surface area (Å²) >= 11 is 0. The van der Waals surface area contributed by atoms with Gasteiger partial charge in [-0.05, 0) is 61.9 Å². The minimum absolute atomic E-state index is 0.186. The third kappa shape index (κ3) is 3.73. The first-order chi connectivity index (χ1) is 16.5. The van der Waals surface area contributed by atoms with Crippen LogP contribution >= 0.6 is 0 Å². The number of aryl methyl sites for hydroxylation is 2. The fourth-order valence-corrected chi connectivity index (χ4v) is 4.22. The Morgan fingerprint density at radius 3 is 2.56 bits per heavy atom. The molecule has 0 atom stereocenters. The molecule has 2 heterocycles. The Kier molecular flexibility index (Phi) is 5.42. The van der Waals surface area contributed by atoms with E-state index in [2.05, 4.69) is 17.6 Å². The standard InChI is InChI=1S/C28H23NO5/c1-4-29-16-19(22-7-5-6-8-23(22)29)14-25-27(30)26-17(2)13-21(15-24(26)34-25)33-28(31)18-9-11-20(32-3)12-10-18/h5-16H,4H2,1-3H3/b25-14-. The van der Waals surface area contributed by atoms with E-state index in [0.29, 0.717) is 33.9 Å². The van der Waals surface area contributed by atoms with E-state index in [4.69, 9.17) is 14.2 Å². The van der Waals surface area contributed by atoms with Crippen LogP contribution in [0, 0.1) is 6.92 Å². The van der Waals surface area contributed by atoms with Gasteiger partial charge in [0.05, 0.1) is 18.2 Å². The highest BCUT2D eigenvalue weighted by Crippen LogP contribution is 2.38. The number of nitrogens with zero attached hydrogens (tertiary/aromatic N) is 1. The number of ketones is 1. The molecule has 0 radical (unpaired) electrons. The maximum Gasteiger partial charge on any atom is 0.343 e. The Hall–Kier alpha value is -4.32. The molecule has 5 rings (SSSR count). The second-order valence-corrected chi connectivity index (χ2v) is 8.06. The van der Waals surface area contributed by atoms with Crippen LogP contribution < -0.4 is 14.2 Å². The smallest absolute Gasteiger partial charge is 0.343 e. The van der Waals surface area contributed by atoms with Crippen molar-refractivity contribution in [1.29, 1.82) is 0 Å². The minimum Gasteiger partial charge on any atom is -0.497 e. The zero-order valence-corrected chi connectivity index (χ0v) is 19.1. The van der Waals surface area contributed by atoms with Crippen LogP contribution in [0.5, 0.6) is 17.2 Å². The number of carbonyl (C=O) groups excluding carboxylic acids is 2. The van der Waals surface area contributed by atoms with Gasteiger partial charge in [0.15, 0.2) is 5.76 Å². The number of carbonyl (C=O) groups is 2. The number of Topliss-reactive ketones (excluding diaryl/α,β-unsaturated/α-hetero) is 1. The van der Waals surface area contributed by atoms with Crippen LogP contribution in [0.2, 0.25) is 0 Å². The summed E-state index contributed by atoms with van der Waals surface area (Å²) in [5.41, 5.74) is 3.57. The maximum absolute atomic E-state index is 13.1. The van der Waals surface area contributed by atoms with E-state index >= 15 is 0 Å². The number of para-hydroxylation sites is 1. The lowest BCUT2D eigenvalue weighted by molar-refractivity contribution is 0.0734. The van der Waals surface area contributed by atoms with Crippen molar-refractivity contribution in [3.05, 3.63) is 94.9 Å². The lowest BCUT2D eigenvalue weighted by Gasteiger charge is -2.08. The summed E-state index contributed by atoms with van der Waals surface area (Å²) in [7, 11) is 1.56. The quantitative estimate of drug-likeness (QED) is 0.217. The molecule has 1 aliphatic heterocycles. The molecule has 0 saturated heterocycles. The van der Waals surface area contributed by atoms with Gasteiger partial charge in [0.25, 0.3) is 0 Å². The summed E-state index contributed by atoms with van der Waals surface area (Å²) in [6.07, 6.45) is 3.80. The van der Waals surface area contributed by atoms with E-state index in [1.54, 1.807) is 56.5 Å². The van der Waals surface area contributed by atoms with Gasteiger partial charge in [-0.25, -0.2) is 4.79 Å². The molecule has 0 saturated carbocycles. The molecule has 0 fully saturated rings. The second kappa shape index (κ2) is 8.56. The molecule has 0 unspecified atom stereocenters. The average Bonchev–Trinajstić information content (AvgIpc) is 3.36. The summed E-state index contributed by atoms with van der Waals surface area (Å²) in [4.78, 5) is 25.7. The molecule has 0 spiro atoms. The van der Waals surface area contributed by atoms with E-state index in [1.165, 1.54) is 0 Å². The van der Waals surface area contributed by atoms with Crippen molar-refractivity contribution in [3.8, 4) is 17.2 Å². The molecular formula is C28H23NO5. The predicted molar refractivity (Wildman–Crippen MR) is 130 cm³/mol. The maximum atomic E-state index is 13.1. The third-order valence-corrected chi connectivity index (χ3v) is 5.93. The van der Waals surface area contributed by atoms with E-state index in [1.807, 2.05) is 24.4 Å². The topological polar surface area (TPSA) is 66.8 Å². The van der Waals surface area contributed by atoms with Crippen molar-refractivity contribution in [2.24, 2.45) is 0 Å². The summed E-state index contributed by atoms with van der Waals surface area (Å²) < 4.78 is 18.8. The minimum atomic E-state index is -0.505. The van der Waals surface area contributed by atoms with Gasteiger partial charge in [-0.3, -0.25) is 4.79 Å². The monoisotopic (exact) mass is 453 g/mol. The zero-order valence-electron chi connectivity index (χ0n) is 19.1. The van der Waals surface area contributed by atoms with E-state index in [0.717, 1.165) is 23.0 Å². The van der Waals surface area contributed by atoms with Gasteiger partial charge in [-0.15, -0.1) is 0 Å². The lowest BCUT2D eigenvalue weighted by atomic mass is 10.0. The summed E-state index contributed by atoms with van der Waals surface area (Å²) in [5, 5.41) is 1.05. The second-order valence-electron chi connectivity index (χ2n) is 8.06. The van der Waals surface area contributed by atoms with Gasteiger partial charge in [0.1, 0.15) is 17.2 Å². The molecule has 0 amide bonds. The predicted octanol–water partition coefficient (Wildman–Crippen LogP) is 5.81. The number of ether oxygens (including phenoxy) is 3. The SMILES string of the molecule is CCn1cc(/C=C2\Oc3cc(OC(=O)c4ccc(OC)cc4)cc(C)c3C2=O)c2ccccc21. The third-order valence-electron chi connectivity index (χ3n) is 5.93. The van der Waals surface area contributed by atoms with Crippen molar-refractivity contribution in [3.63, 3.8) is 0 Å². The molecule has 1 aromatic heterocycles. The molecule has 4 aromatic rings. The number of fused-ring (bicyclic) bond motifs is 2. The summed E-state index contributed by atoms with van der Waals surface area (Å²) in [6.45, 7) is 4.70. The molecule has 0 aliphatic carbocycles. The van der Waals surface area contributed by atoms with Gasteiger partial charge < -0.3 is 18.8 Å². The number of methoxy groups -OCH3 is 1. The highest BCUT2D eigenvalue weighted by atomic mass is 16.5. The zero-order chi connectivity index (χ0) is 23.8. The molecule has 6 heteroatoms. The molecule has 170 valence electrons. The molecule has 34 heavy (non-hydrogen) atoms. The van der Waals surface area contributed by atoms with Crippen LogP contribution in [0.4, 0.5) is 0 Å². The van der Waals surface area contributed by atoms with Crippen molar-refractivity contribution in [2.45, 2.75) is 20.4 Å². The largest absolute Gasteiger partial charge is 0.497 e. The highest BCUT2D eigenvalue weighted by Gasteiger charge is 2.30. The number of esters is 1. The molecule has 0 bridgehead atoms. The van der Waals surface area contributed by atoms with Crippen LogP contribution in [-0.2, 0) is 6.54 Å². The van der Waals surface area contributed by atoms with Crippen LogP contribution in [0.3, 0.4) is 0 Å². The number of rotatable bonds is 5. The molecule has 3 aromatic carbocycles. The molecular weight excluding hydrogens is 430 g/mol. The highest BCUT2D eigenvalue weighted by molar-refractivity contribution is 6.16. The van der Waals surface area contributed by atoms with Gasteiger partial charge in [0, 0.05) is 35.3 Å². The Balaban J connectivity index is 1.44. The van der Waals surface area contributed by atoms with E-state index in [9.17, 15) is 9.59 Å². The van der Waals surface area contributed by atoms with E-state index < -0.39 is 5.97 Å². The van der Waals surface area contributed by atoms with Gasteiger partial charge in [-0.1, -0.05) is 18.2 Å². The Bertz CT molecular complexity index is 1460. The first-order valence-corrected chi connectivity index (χ1v) is 11.0.